The minimum absolute atomic E-state index is 0.0722. The molecule has 0 radical (unpaired) electrons. The fourth-order valence-electron chi connectivity index (χ4n) is 3.22. The number of carbonyl (C=O) groups excluding carboxylic acids is 1. The fraction of sp³-hybridized carbons (Fsp3) is 0.263. The average Bonchev–Trinajstić information content (AvgIpc) is 2.52. The van der Waals surface area contributed by atoms with Crippen molar-refractivity contribution in [2.75, 3.05) is 11.6 Å². The first-order valence-electron chi connectivity index (χ1n) is 8.28. The predicted octanol–water partition coefficient (Wildman–Crippen LogP) is 2.99. The van der Waals surface area contributed by atoms with Gasteiger partial charge in [0.05, 0.1) is 15.9 Å². The van der Waals surface area contributed by atoms with Gasteiger partial charge in [-0.15, -0.1) is 0 Å². The van der Waals surface area contributed by atoms with Crippen LogP contribution in [0.1, 0.15) is 35.2 Å². The zero-order valence-corrected chi connectivity index (χ0v) is 15.3. The van der Waals surface area contributed by atoms with Crippen molar-refractivity contribution in [3.8, 4) is 0 Å². The maximum Gasteiger partial charge on any atom is 0.335 e. The van der Waals surface area contributed by atoms with Crippen molar-refractivity contribution >= 4 is 27.4 Å². The zero-order chi connectivity index (χ0) is 19.8. The van der Waals surface area contributed by atoms with Gasteiger partial charge in [0, 0.05) is 11.9 Å². The summed E-state index contributed by atoms with van der Waals surface area (Å²) in [6.07, 6.45) is 2.81. The van der Waals surface area contributed by atoms with Crippen molar-refractivity contribution < 1.29 is 27.5 Å². The SMILES string of the molecule is CS(=O)(=O)c1cc(NC(=O)C2(c3cccc(F)c3)CCC2)cc(C(=O)O)c1. The summed E-state index contributed by atoms with van der Waals surface area (Å²) in [6, 6.07) is 9.28. The number of benzene rings is 2. The van der Waals surface area contributed by atoms with E-state index in [0.29, 0.717) is 18.4 Å². The van der Waals surface area contributed by atoms with Crippen molar-refractivity contribution in [3.05, 3.63) is 59.4 Å². The summed E-state index contributed by atoms with van der Waals surface area (Å²) in [5, 5.41) is 11.8. The van der Waals surface area contributed by atoms with Crippen LogP contribution in [0.25, 0.3) is 0 Å². The predicted molar refractivity (Wildman–Crippen MR) is 97.1 cm³/mol. The first-order valence-corrected chi connectivity index (χ1v) is 10.2. The second-order valence-corrected chi connectivity index (χ2v) is 8.74. The number of sulfone groups is 1. The van der Waals surface area contributed by atoms with E-state index < -0.39 is 32.9 Å². The molecule has 27 heavy (non-hydrogen) atoms. The normalized spacial score (nSPS) is 15.6. The molecule has 1 fully saturated rings. The van der Waals surface area contributed by atoms with Gasteiger partial charge in [-0.2, -0.15) is 0 Å². The molecule has 3 rings (SSSR count). The number of rotatable bonds is 5. The van der Waals surface area contributed by atoms with Crippen LogP contribution in [-0.4, -0.2) is 31.7 Å². The molecule has 142 valence electrons. The third kappa shape index (κ3) is 3.71. The molecule has 1 aliphatic carbocycles. The third-order valence-corrected chi connectivity index (χ3v) is 5.95. The topological polar surface area (TPSA) is 101 Å². The highest BCUT2D eigenvalue weighted by molar-refractivity contribution is 7.90. The maximum atomic E-state index is 13.6. The Labute approximate surface area is 155 Å². The first-order chi connectivity index (χ1) is 12.6. The van der Waals surface area contributed by atoms with Gasteiger partial charge in [0.25, 0.3) is 0 Å². The lowest BCUT2D eigenvalue weighted by atomic mass is 9.63. The summed E-state index contributed by atoms with van der Waals surface area (Å²) in [5.74, 6) is -2.17. The minimum atomic E-state index is -3.67. The van der Waals surface area contributed by atoms with Crippen LogP contribution in [0.4, 0.5) is 10.1 Å². The smallest absolute Gasteiger partial charge is 0.335 e. The van der Waals surface area contributed by atoms with Gasteiger partial charge < -0.3 is 10.4 Å². The van der Waals surface area contributed by atoms with E-state index in [1.807, 2.05) is 0 Å². The molecule has 0 heterocycles. The number of hydrogen-bond donors (Lipinski definition) is 2. The number of carboxylic acid groups (broad SMARTS) is 1. The van der Waals surface area contributed by atoms with Crippen LogP contribution >= 0.6 is 0 Å². The van der Waals surface area contributed by atoms with Crippen molar-refractivity contribution in [1.82, 2.24) is 0 Å². The molecule has 0 spiro atoms. The van der Waals surface area contributed by atoms with Crippen LogP contribution in [0.3, 0.4) is 0 Å². The summed E-state index contributed by atoms with van der Waals surface area (Å²) < 4.78 is 37.3. The number of anilines is 1. The number of amides is 1. The van der Waals surface area contributed by atoms with E-state index in [4.69, 9.17) is 0 Å². The Morgan fingerprint density at radius 2 is 1.85 bits per heavy atom. The number of nitrogens with one attached hydrogen (secondary N) is 1. The van der Waals surface area contributed by atoms with Crippen molar-refractivity contribution in [3.63, 3.8) is 0 Å². The van der Waals surface area contributed by atoms with Gasteiger partial charge in [-0.1, -0.05) is 18.6 Å². The second-order valence-electron chi connectivity index (χ2n) is 6.72. The number of aromatic carboxylic acids is 1. The quantitative estimate of drug-likeness (QED) is 0.816. The van der Waals surface area contributed by atoms with Crippen LogP contribution in [0.2, 0.25) is 0 Å². The lowest BCUT2D eigenvalue weighted by Crippen LogP contribution is -2.46. The average molecular weight is 391 g/mol. The summed E-state index contributed by atoms with van der Waals surface area (Å²) in [6.45, 7) is 0. The molecule has 2 aromatic rings. The van der Waals surface area contributed by atoms with Gasteiger partial charge in [-0.05, 0) is 48.7 Å². The first kappa shape index (κ1) is 19.0. The van der Waals surface area contributed by atoms with Crippen LogP contribution in [0.15, 0.2) is 47.4 Å². The van der Waals surface area contributed by atoms with E-state index in [2.05, 4.69) is 5.32 Å². The Kier molecular flexibility index (Phi) is 4.77. The molecule has 8 heteroatoms. The molecule has 0 atom stereocenters. The summed E-state index contributed by atoms with van der Waals surface area (Å²) in [5.41, 5.74) is -0.541. The van der Waals surface area contributed by atoms with Crippen LogP contribution in [0, 0.1) is 5.82 Å². The molecule has 1 saturated carbocycles. The summed E-state index contributed by atoms with van der Waals surface area (Å²) in [7, 11) is -3.67. The number of halogens is 1. The third-order valence-electron chi connectivity index (χ3n) is 4.86. The van der Waals surface area contributed by atoms with E-state index in [1.54, 1.807) is 6.07 Å². The van der Waals surface area contributed by atoms with E-state index in [-0.39, 0.29) is 16.1 Å². The van der Waals surface area contributed by atoms with Gasteiger partial charge >= 0.3 is 5.97 Å². The van der Waals surface area contributed by atoms with Gasteiger partial charge in [-0.3, -0.25) is 4.79 Å². The molecular weight excluding hydrogens is 373 g/mol. The van der Waals surface area contributed by atoms with Crippen LogP contribution < -0.4 is 5.32 Å². The highest BCUT2D eigenvalue weighted by atomic mass is 32.2. The van der Waals surface area contributed by atoms with Crippen molar-refractivity contribution in [2.24, 2.45) is 0 Å². The Morgan fingerprint density at radius 3 is 2.37 bits per heavy atom. The van der Waals surface area contributed by atoms with Crippen molar-refractivity contribution in [2.45, 2.75) is 29.6 Å². The molecular formula is C19H18FNO5S. The molecule has 0 aromatic heterocycles. The molecule has 1 aliphatic rings. The maximum absolute atomic E-state index is 13.6. The Balaban J connectivity index is 1.98. The molecule has 1 amide bonds. The van der Waals surface area contributed by atoms with Gasteiger partial charge in [0.1, 0.15) is 5.82 Å². The van der Waals surface area contributed by atoms with Crippen LogP contribution in [-0.2, 0) is 20.0 Å². The Morgan fingerprint density at radius 1 is 1.15 bits per heavy atom. The molecule has 2 N–H and O–H groups in total. The molecule has 2 aromatic carbocycles. The monoisotopic (exact) mass is 391 g/mol. The van der Waals surface area contributed by atoms with Crippen molar-refractivity contribution in [1.29, 1.82) is 0 Å². The van der Waals surface area contributed by atoms with E-state index in [9.17, 15) is 27.5 Å². The Hall–Kier alpha value is -2.74. The summed E-state index contributed by atoms with van der Waals surface area (Å²) >= 11 is 0. The standard InChI is InChI=1S/C19H18FNO5S/c1-27(25,26)16-9-12(17(22)23)8-15(11-16)21-18(24)19(6-3-7-19)13-4-2-5-14(20)10-13/h2,4-5,8-11H,3,6-7H2,1H3,(H,21,24)(H,22,23). The number of hydrogen-bond acceptors (Lipinski definition) is 4. The molecule has 0 unspecified atom stereocenters. The lowest BCUT2D eigenvalue weighted by molar-refractivity contribution is -0.124. The van der Waals surface area contributed by atoms with Gasteiger partial charge in [-0.25, -0.2) is 17.6 Å². The van der Waals surface area contributed by atoms with E-state index in [1.165, 1.54) is 30.3 Å². The van der Waals surface area contributed by atoms with Gasteiger partial charge in [0.2, 0.25) is 5.91 Å². The fourth-order valence-corrected chi connectivity index (χ4v) is 3.90. The lowest BCUT2D eigenvalue weighted by Gasteiger charge is -2.40. The largest absolute Gasteiger partial charge is 0.478 e. The Bertz CT molecular complexity index is 1030. The molecule has 0 bridgehead atoms. The van der Waals surface area contributed by atoms with Gasteiger partial charge in [0.15, 0.2) is 9.84 Å². The second kappa shape index (κ2) is 6.77. The molecule has 0 aliphatic heterocycles. The number of carbonyl (C=O) groups is 2. The minimum Gasteiger partial charge on any atom is -0.478 e. The summed E-state index contributed by atoms with van der Waals surface area (Å²) in [4.78, 5) is 24.0. The zero-order valence-electron chi connectivity index (χ0n) is 14.5. The molecule has 6 nitrogen and oxygen atoms in total. The highest BCUT2D eigenvalue weighted by Crippen LogP contribution is 2.44. The number of carboxylic acids is 1. The van der Waals surface area contributed by atoms with Crippen LogP contribution in [0.5, 0.6) is 0 Å². The van der Waals surface area contributed by atoms with E-state index >= 15 is 0 Å². The van der Waals surface area contributed by atoms with E-state index in [0.717, 1.165) is 18.7 Å². The highest BCUT2D eigenvalue weighted by Gasteiger charge is 2.45. The molecule has 0 saturated heterocycles.